The first-order valence-electron chi connectivity index (χ1n) is 5.94. The van der Waals surface area contributed by atoms with E-state index in [1.165, 1.54) is 0 Å². The molecule has 24 heavy (non-hydrogen) atoms. The number of hydrogen-bond donors (Lipinski definition) is 0. The number of aliphatic imine (C=N–C) groups is 1. The van der Waals surface area contributed by atoms with E-state index in [-0.39, 0.29) is 22.3 Å². The second kappa shape index (κ2) is 6.66. The highest BCUT2D eigenvalue weighted by Crippen LogP contribution is 2.39. The van der Waals surface area contributed by atoms with Crippen LogP contribution in [-0.2, 0) is 11.0 Å². The van der Waals surface area contributed by atoms with Gasteiger partial charge in [-0.1, -0.05) is 0 Å². The summed E-state index contributed by atoms with van der Waals surface area (Å²) in [4.78, 5) is 13.5. The van der Waals surface area contributed by atoms with Crippen molar-refractivity contribution in [3.05, 3.63) is 51.8 Å². The van der Waals surface area contributed by atoms with E-state index in [0.29, 0.717) is 6.07 Å². The largest absolute Gasteiger partial charge is 0.449 e. The predicted octanol–water partition coefficient (Wildman–Crippen LogP) is 5.64. The Morgan fingerprint density at radius 2 is 1.58 bits per heavy atom. The maximum atomic E-state index is 13.7. The Balaban J connectivity index is 2.53. The fraction of sp³-hybridized carbons (Fsp3) is 0.0714. The summed E-state index contributed by atoms with van der Waals surface area (Å²) in [5.41, 5.74) is -1.89. The third kappa shape index (κ3) is 3.77. The average molecular weight is 412 g/mol. The van der Waals surface area contributed by atoms with Crippen molar-refractivity contribution in [1.82, 2.24) is 0 Å². The molecule has 0 heterocycles. The zero-order valence-corrected chi connectivity index (χ0v) is 12.8. The first kappa shape index (κ1) is 18.0. The number of halogens is 7. The molecule has 126 valence electrons. The van der Waals surface area contributed by atoms with Crippen LogP contribution in [0.5, 0.6) is 11.5 Å². The molecule has 0 amide bonds. The van der Waals surface area contributed by atoms with Crippen molar-refractivity contribution < 1.29 is 35.9 Å². The van der Waals surface area contributed by atoms with Gasteiger partial charge >= 0.3 is 6.18 Å². The molecule has 0 fully saturated rings. The van der Waals surface area contributed by atoms with Gasteiger partial charge in [-0.3, -0.25) is 0 Å². The van der Waals surface area contributed by atoms with Gasteiger partial charge in [0.15, 0.2) is 23.1 Å². The van der Waals surface area contributed by atoms with Gasteiger partial charge < -0.3 is 4.74 Å². The molecule has 2 rings (SSSR count). The molecule has 10 heteroatoms. The van der Waals surface area contributed by atoms with Gasteiger partial charge in [0.25, 0.3) is 0 Å². The molecule has 0 aliphatic rings. The van der Waals surface area contributed by atoms with Crippen molar-refractivity contribution in [2.24, 2.45) is 4.99 Å². The van der Waals surface area contributed by atoms with Gasteiger partial charge in [0.2, 0.25) is 6.08 Å². The van der Waals surface area contributed by atoms with Crippen molar-refractivity contribution >= 4 is 27.7 Å². The second-order valence-electron chi connectivity index (χ2n) is 4.31. The molecule has 0 bridgehead atoms. The summed E-state index contributed by atoms with van der Waals surface area (Å²) in [5, 5.41) is 0. The molecular formula is C14H4BrF6NO2. The lowest BCUT2D eigenvalue weighted by Gasteiger charge is -2.13. The summed E-state index contributed by atoms with van der Waals surface area (Å²) in [6.07, 6.45) is -3.83. The molecule has 3 nitrogen and oxygen atoms in total. The summed E-state index contributed by atoms with van der Waals surface area (Å²) in [5.74, 6) is -6.02. The minimum atomic E-state index is -4.96. The third-order valence-corrected chi connectivity index (χ3v) is 3.31. The molecule has 0 unspecified atom stereocenters. The highest BCUT2D eigenvalue weighted by atomic mass is 79.9. The molecule has 0 aromatic heterocycles. The van der Waals surface area contributed by atoms with Crippen LogP contribution in [0.3, 0.4) is 0 Å². The van der Waals surface area contributed by atoms with Crippen LogP contribution in [0.15, 0.2) is 33.7 Å². The number of alkyl halides is 3. The Morgan fingerprint density at radius 1 is 1.00 bits per heavy atom. The van der Waals surface area contributed by atoms with Gasteiger partial charge in [0.05, 0.1) is 10.0 Å². The van der Waals surface area contributed by atoms with E-state index in [1.54, 1.807) is 0 Å². The zero-order valence-electron chi connectivity index (χ0n) is 11.2. The number of benzene rings is 2. The van der Waals surface area contributed by atoms with Crippen LogP contribution in [0, 0.1) is 17.5 Å². The minimum Gasteiger partial charge on any atom is -0.449 e. The normalized spacial score (nSPS) is 11.1. The SMILES string of the molecule is O=C=Nc1cc(Br)c(F)cc1Oc1c(F)cc(C(F)(F)F)cc1F. The molecule has 0 aliphatic carbocycles. The first-order chi connectivity index (χ1) is 11.1. The van der Waals surface area contributed by atoms with E-state index < -0.39 is 40.7 Å². The quantitative estimate of drug-likeness (QED) is 0.372. The Labute approximate surface area is 138 Å². The third-order valence-electron chi connectivity index (χ3n) is 2.71. The fourth-order valence-corrected chi connectivity index (χ4v) is 2.00. The Hall–Kier alpha value is -2.32. The van der Waals surface area contributed by atoms with Crippen molar-refractivity contribution in [3.8, 4) is 11.5 Å². The molecule has 0 aliphatic heterocycles. The number of isocyanates is 1. The molecule has 0 radical (unpaired) electrons. The molecule has 0 spiro atoms. The van der Waals surface area contributed by atoms with Crippen molar-refractivity contribution in [2.45, 2.75) is 6.18 Å². The smallest absolute Gasteiger partial charge is 0.416 e. The van der Waals surface area contributed by atoms with Gasteiger partial charge in [-0.2, -0.15) is 18.2 Å². The van der Waals surface area contributed by atoms with E-state index in [2.05, 4.69) is 20.9 Å². The molecule has 2 aromatic rings. The first-order valence-corrected chi connectivity index (χ1v) is 6.73. The van der Waals surface area contributed by atoms with Crippen LogP contribution in [0.1, 0.15) is 5.56 Å². The lowest BCUT2D eigenvalue weighted by atomic mass is 10.2. The summed E-state index contributed by atoms with van der Waals surface area (Å²) < 4.78 is 83.1. The summed E-state index contributed by atoms with van der Waals surface area (Å²) in [7, 11) is 0. The number of ether oxygens (including phenoxy) is 1. The van der Waals surface area contributed by atoms with Gasteiger partial charge in [-0.05, 0) is 34.1 Å². The minimum absolute atomic E-state index is 0.0241. The van der Waals surface area contributed by atoms with Gasteiger partial charge in [0, 0.05) is 6.07 Å². The fourth-order valence-electron chi connectivity index (χ4n) is 1.67. The highest BCUT2D eigenvalue weighted by Gasteiger charge is 2.33. The van der Waals surface area contributed by atoms with Gasteiger partial charge in [-0.15, -0.1) is 0 Å². The topological polar surface area (TPSA) is 38.7 Å². The van der Waals surface area contributed by atoms with Crippen molar-refractivity contribution in [3.63, 3.8) is 0 Å². The highest BCUT2D eigenvalue weighted by molar-refractivity contribution is 9.10. The average Bonchev–Trinajstić information content (AvgIpc) is 2.46. The summed E-state index contributed by atoms with van der Waals surface area (Å²) >= 11 is 2.80. The van der Waals surface area contributed by atoms with Gasteiger partial charge in [0.1, 0.15) is 11.5 Å². The molecular weight excluding hydrogens is 408 g/mol. The van der Waals surface area contributed by atoms with Gasteiger partial charge in [-0.25, -0.2) is 18.0 Å². The van der Waals surface area contributed by atoms with Crippen LogP contribution in [0.4, 0.5) is 32.0 Å². The molecule has 0 saturated heterocycles. The number of carbonyl (C=O) groups excluding carboxylic acids is 1. The van der Waals surface area contributed by atoms with Crippen LogP contribution < -0.4 is 4.74 Å². The van der Waals surface area contributed by atoms with Crippen molar-refractivity contribution in [1.29, 1.82) is 0 Å². The molecule has 0 N–H and O–H groups in total. The van der Waals surface area contributed by atoms with E-state index in [9.17, 15) is 31.1 Å². The van der Waals surface area contributed by atoms with Crippen LogP contribution in [0.2, 0.25) is 0 Å². The Morgan fingerprint density at radius 3 is 2.08 bits per heavy atom. The Kier molecular flexibility index (Phi) is 5.00. The van der Waals surface area contributed by atoms with Crippen LogP contribution in [0.25, 0.3) is 0 Å². The standard InChI is InChI=1S/C14H4BrF6NO2/c15-7-3-11(22-5-23)12(4-8(7)16)24-13-9(17)1-6(2-10(13)18)14(19,20)21/h1-4H. The monoisotopic (exact) mass is 411 g/mol. The van der Waals surface area contributed by atoms with E-state index in [4.69, 9.17) is 4.74 Å². The maximum Gasteiger partial charge on any atom is 0.416 e. The second-order valence-corrected chi connectivity index (χ2v) is 5.16. The maximum absolute atomic E-state index is 13.7. The van der Waals surface area contributed by atoms with Crippen LogP contribution >= 0.6 is 15.9 Å². The molecule has 0 saturated carbocycles. The number of hydrogen-bond acceptors (Lipinski definition) is 3. The van der Waals surface area contributed by atoms with E-state index in [0.717, 1.165) is 12.1 Å². The van der Waals surface area contributed by atoms with Crippen LogP contribution in [-0.4, -0.2) is 6.08 Å². The zero-order chi connectivity index (χ0) is 18.1. The molecule has 0 atom stereocenters. The van der Waals surface area contributed by atoms with E-state index in [1.807, 2.05) is 0 Å². The number of rotatable bonds is 3. The van der Waals surface area contributed by atoms with Crippen molar-refractivity contribution in [2.75, 3.05) is 0 Å². The summed E-state index contributed by atoms with van der Waals surface area (Å²) in [6, 6.07) is 1.67. The lowest BCUT2D eigenvalue weighted by molar-refractivity contribution is -0.138. The number of nitrogens with zero attached hydrogens (tertiary/aromatic N) is 1. The predicted molar refractivity (Wildman–Crippen MR) is 73.3 cm³/mol. The summed E-state index contributed by atoms with van der Waals surface area (Å²) in [6.45, 7) is 0. The van der Waals surface area contributed by atoms with E-state index >= 15 is 0 Å². The molecule has 2 aromatic carbocycles. The lowest BCUT2D eigenvalue weighted by Crippen LogP contribution is -2.07. The Bertz CT molecular complexity index is 823.